The Bertz CT molecular complexity index is 497. The molecule has 1 aromatic carbocycles. The summed E-state index contributed by atoms with van der Waals surface area (Å²) in [5.41, 5.74) is 2.79. The van der Waals surface area contributed by atoms with Gasteiger partial charge in [0.2, 0.25) is 0 Å². The molecule has 1 aromatic heterocycles. The molecule has 1 heterocycles. The van der Waals surface area contributed by atoms with Crippen LogP contribution in [0.15, 0.2) is 30.5 Å². The Morgan fingerprint density at radius 3 is 2.75 bits per heavy atom. The first-order valence-electron chi connectivity index (χ1n) is 4.65. The van der Waals surface area contributed by atoms with Crippen molar-refractivity contribution in [1.29, 1.82) is 0 Å². The molecule has 3 N–H and O–H groups in total. The molecule has 0 aliphatic carbocycles. The first kappa shape index (κ1) is 10.4. The third-order valence-corrected chi connectivity index (χ3v) is 2.08. The molecule has 2 rings (SSSR count). The van der Waals surface area contributed by atoms with Gasteiger partial charge in [0, 0.05) is 19.3 Å². The van der Waals surface area contributed by atoms with E-state index in [1.807, 2.05) is 5.48 Å². The average molecular weight is 222 g/mol. The minimum Gasteiger partial charge on any atom is -0.337 e. The van der Waals surface area contributed by atoms with Crippen LogP contribution < -0.4 is 10.8 Å². The van der Waals surface area contributed by atoms with Gasteiger partial charge in [-0.1, -0.05) is 0 Å². The molecular formula is C10H11FN4O. The molecule has 0 radical (unpaired) electrons. The molecule has 0 amide bonds. The minimum atomic E-state index is -0.391. The largest absolute Gasteiger partial charge is 0.337 e. The van der Waals surface area contributed by atoms with E-state index < -0.39 is 5.82 Å². The van der Waals surface area contributed by atoms with Gasteiger partial charge in [0.1, 0.15) is 5.82 Å². The Balaban J connectivity index is 2.29. The lowest BCUT2D eigenvalue weighted by Crippen LogP contribution is -1.99. The Morgan fingerprint density at radius 2 is 2.12 bits per heavy atom. The van der Waals surface area contributed by atoms with Crippen molar-refractivity contribution >= 4 is 17.2 Å². The van der Waals surface area contributed by atoms with Crippen molar-refractivity contribution < 1.29 is 9.60 Å². The van der Waals surface area contributed by atoms with Gasteiger partial charge in [0.15, 0.2) is 5.82 Å². The van der Waals surface area contributed by atoms with Gasteiger partial charge in [-0.15, -0.1) is 0 Å². The topological polar surface area (TPSA) is 62.1 Å². The highest BCUT2D eigenvalue weighted by Crippen LogP contribution is 2.25. The van der Waals surface area contributed by atoms with E-state index in [1.165, 1.54) is 18.2 Å². The smallest absolute Gasteiger partial charge is 0.152 e. The maximum absolute atomic E-state index is 13.0. The number of aryl methyl sites for hydroxylation is 1. The molecule has 16 heavy (non-hydrogen) atoms. The molecule has 0 spiro atoms. The maximum atomic E-state index is 13.0. The Morgan fingerprint density at radius 1 is 1.31 bits per heavy atom. The summed E-state index contributed by atoms with van der Waals surface area (Å²) in [6, 6.07) is 5.70. The lowest BCUT2D eigenvalue weighted by molar-refractivity contribution is 0.389. The third-order valence-electron chi connectivity index (χ3n) is 2.08. The molecular weight excluding hydrogens is 211 g/mol. The average Bonchev–Trinajstić information content (AvgIpc) is 2.64. The minimum absolute atomic E-state index is 0.382. The Labute approximate surface area is 91.5 Å². The van der Waals surface area contributed by atoms with E-state index in [1.54, 1.807) is 24.0 Å². The number of nitrogens with one attached hydrogen (secondary N) is 2. The number of aromatic nitrogens is 2. The summed E-state index contributed by atoms with van der Waals surface area (Å²) < 4.78 is 14.6. The van der Waals surface area contributed by atoms with Crippen LogP contribution in [0.1, 0.15) is 0 Å². The van der Waals surface area contributed by atoms with E-state index in [0.29, 0.717) is 17.2 Å². The van der Waals surface area contributed by atoms with E-state index in [0.717, 1.165) is 0 Å². The summed E-state index contributed by atoms with van der Waals surface area (Å²) in [6.07, 6.45) is 1.76. The van der Waals surface area contributed by atoms with Gasteiger partial charge in [-0.25, -0.2) is 4.39 Å². The molecule has 2 aromatic rings. The first-order chi connectivity index (χ1) is 7.69. The van der Waals surface area contributed by atoms with Crippen LogP contribution in [0.2, 0.25) is 0 Å². The summed E-state index contributed by atoms with van der Waals surface area (Å²) >= 11 is 0. The van der Waals surface area contributed by atoms with Crippen molar-refractivity contribution in [2.24, 2.45) is 7.05 Å². The predicted molar refractivity (Wildman–Crippen MR) is 58.3 cm³/mol. The molecule has 0 saturated carbocycles. The Kier molecular flexibility index (Phi) is 2.74. The Hall–Kier alpha value is -2.08. The van der Waals surface area contributed by atoms with Crippen LogP contribution in [-0.4, -0.2) is 15.0 Å². The molecule has 5 nitrogen and oxygen atoms in total. The van der Waals surface area contributed by atoms with Crippen LogP contribution in [0, 0.1) is 5.82 Å². The van der Waals surface area contributed by atoms with Crippen molar-refractivity contribution in [3.8, 4) is 0 Å². The summed E-state index contributed by atoms with van der Waals surface area (Å²) in [4.78, 5) is 0. The summed E-state index contributed by atoms with van der Waals surface area (Å²) in [5.74, 6) is 0.182. The predicted octanol–water partition coefficient (Wildman–Crippen LogP) is 2.10. The fourth-order valence-electron chi connectivity index (χ4n) is 1.34. The molecule has 0 fully saturated rings. The number of hydrogen-bond acceptors (Lipinski definition) is 4. The molecule has 0 unspecified atom stereocenters. The molecule has 0 aliphatic rings. The second-order valence-corrected chi connectivity index (χ2v) is 3.30. The van der Waals surface area contributed by atoms with E-state index in [9.17, 15) is 4.39 Å². The zero-order valence-corrected chi connectivity index (χ0v) is 8.61. The van der Waals surface area contributed by atoms with Gasteiger partial charge in [-0.3, -0.25) is 15.4 Å². The van der Waals surface area contributed by atoms with E-state index in [-0.39, 0.29) is 0 Å². The zero-order valence-electron chi connectivity index (χ0n) is 8.61. The van der Waals surface area contributed by atoms with Gasteiger partial charge in [-0.05, 0) is 18.2 Å². The molecule has 84 valence electrons. The van der Waals surface area contributed by atoms with Crippen LogP contribution in [0.4, 0.5) is 21.6 Å². The van der Waals surface area contributed by atoms with Gasteiger partial charge >= 0.3 is 0 Å². The van der Waals surface area contributed by atoms with Gasteiger partial charge in [0.25, 0.3) is 0 Å². The summed E-state index contributed by atoms with van der Waals surface area (Å²) in [5, 5.41) is 15.8. The molecule has 0 saturated heterocycles. The number of anilines is 3. The van der Waals surface area contributed by atoms with E-state index in [4.69, 9.17) is 5.21 Å². The first-order valence-corrected chi connectivity index (χ1v) is 4.65. The third kappa shape index (κ3) is 2.12. The van der Waals surface area contributed by atoms with Crippen LogP contribution in [0.3, 0.4) is 0 Å². The molecule has 6 heteroatoms. The van der Waals surface area contributed by atoms with Gasteiger partial charge in [-0.2, -0.15) is 5.10 Å². The lowest BCUT2D eigenvalue weighted by Gasteiger charge is -2.08. The standard InChI is InChI=1S/C10H11FN4O/c1-15-5-4-10(13-15)12-9-6-7(11)2-3-8(9)14-16/h2-6,14,16H,1H3,(H,12,13). The van der Waals surface area contributed by atoms with Crippen molar-refractivity contribution in [2.45, 2.75) is 0 Å². The number of benzene rings is 1. The number of rotatable bonds is 3. The molecule has 0 atom stereocenters. The van der Waals surface area contributed by atoms with Gasteiger partial charge in [0.05, 0.1) is 11.4 Å². The summed E-state index contributed by atoms with van der Waals surface area (Å²) in [6.45, 7) is 0. The number of hydrogen-bond donors (Lipinski definition) is 3. The monoisotopic (exact) mass is 222 g/mol. The second kappa shape index (κ2) is 4.19. The quantitative estimate of drug-likeness (QED) is 0.696. The fourth-order valence-corrected chi connectivity index (χ4v) is 1.34. The molecule has 0 bridgehead atoms. The zero-order chi connectivity index (χ0) is 11.5. The SMILES string of the molecule is Cn1ccc(Nc2cc(F)ccc2NO)n1. The van der Waals surface area contributed by atoms with Crippen molar-refractivity contribution in [1.82, 2.24) is 9.78 Å². The second-order valence-electron chi connectivity index (χ2n) is 3.30. The van der Waals surface area contributed by atoms with Crippen LogP contribution >= 0.6 is 0 Å². The van der Waals surface area contributed by atoms with Crippen LogP contribution in [0.25, 0.3) is 0 Å². The van der Waals surface area contributed by atoms with Gasteiger partial charge < -0.3 is 5.32 Å². The van der Waals surface area contributed by atoms with E-state index >= 15 is 0 Å². The van der Waals surface area contributed by atoms with Crippen LogP contribution in [-0.2, 0) is 7.05 Å². The van der Waals surface area contributed by atoms with Crippen LogP contribution in [0.5, 0.6) is 0 Å². The van der Waals surface area contributed by atoms with E-state index in [2.05, 4.69) is 10.4 Å². The van der Waals surface area contributed by atoms with Crippen molar-refractivity contribution in [3.05, 3.63) is 36.3 Å². The lowest BCUT2D eigenvalue weighted by atomic mass is 10.2. The highest BCUT2D eigenvalue weighted by Gasteiger charge is 2.05. The number of halogens is 1. The highest BCUT2D eigenvalue weighted by molar-refractivity contribution is 5.72. The molecule has 0 aliphatic heterocycles. The normalized spacial score (nSPS) is 10.2. The van der Waals surface area contributed by atoms with Crippen molar-refractivity contribution in [2.75, 3.05) is 10.8 Å². The highest BCUT2D eigenvalue weighted by atomic mass is 19.1. The van der Waals surface area contributed by atoms with Crippen molar-refractivity contribution in [3.63, 3.8) is 0 Å². The maximum Gasteiger partial charge on any atom is 0.152 e. The number of nitrogens with zero attached hydrogens (tertiary/aromatic N) is 2. The fraction of sp³-hybridized carbons (Fsp3) is 0.100. The summed E-state index contributed by atoms with van der Waals surface area (Å²) in [7, 11) is 1.78.